The number of fused-ring (bicyclic) bond motifs is 1. The van der Waals surface area contributed by atoms with E-state index in [1.165, 1.54) is 12.2 Å². The van der Waals surface area contributed by atoms with Gasteiger partial charge in [-0.05, 0) is 11.8 Å². The maximum atomic E-state index is 4.48. The quantitative estimate of drug-likeness (QED) is 0.893. The Morgan fingerprint density at radius 2 is 2.05 bits per heavy atom. The predicted molar refractivity (Wildman–Crippen MR) is 74.2 cm³/mol. The molecule has 6 heteroatoms. The van der Waals surface area contributed by atoms with Crippen LogP contribution in [-0.2, 0) is 13.6 Å². The van der Waals surface area contributed by atoms with E-state index < -0.39 is 0 Å². The highest BCUT2D eigenvalue weighted by atomic mass is 15.3. The molecular weight excluding hydrogens is 252 g/mol. The van der Waals surface area contributed by atoms with E-state index in [-0.39, 0.29) is 6.04 Å². The molecule has 6 nitrogen and oxygen atoms in total. The molecule has 106 valence electrons. The van der Waals surface area contributed by atoms with E-state index in [1.54, 1.807) is 0 Å². The molecule has 0 spiro atoms. The third-order valence-electron chi connectivity index (χ3n) is 4.63. The van der Waals surface area contributed by atoms with Crippen LogP contribution in [0.1, 0.15) is 49.4 Å². The topological polar surface area (TPSA) is 60.6 Å². The molecule has 1 aliphatic carbocycles. The zero-order valence-corrected chi connectivity index (χ0v) is 12.2. The summed E-state index contributed by atoms with van der Waals surface area (Å²) in [5.74, 6) is 2.76. The highest BCUT2D eigenvalue weighted by Crippen LogP contribution is 2.58. The van der Waals surface area contributed by atoms with Crippen molar-refractivity contribution in [3.8, 4) is 0 Å². The lowest BCUT2D eigenvalue weighted by molar-refractivity contribution is 0.443. The van der Waals surface area contributed by atoms with Gasteiger partial charge in [0.05, 0.1) is 12.2 Å². The summed E-state index contributed by atoms with van der Waals surface area (Å²) in [5, 5.41) is 16.7. The maximum absolute atomic E-state index is 4.48. The highest BCUT2D eigenvalue weighted by Gasteiger charge is 2.50. The minimum atomic E-state index is 0.112. The molecule has 20 heavy (non-hydrogen) atoms. The van der Waals surface area contributed by atoms with Crippen molar-refractivity contribution in [2.75, 3.05) is 6.54 Å². The first kappa shape index (κ1) is 12.1. The van der Waals surface area contributed by atoms with Crippen LogP contribution < -0.4 is 5.32 Å². The van der Waals surface area contributed by atoms with E-state index >= 15 is 0 Å². The van der Waals surface area contributed by atoms with Crippen molar-refractivity contribution >= 4 is 0 Å². The van der Waals surface area contributed by atoms with Crippen molar-refractivity contribution in [3.05, 3.63) is 29.6 Å². The minimum Gasteiger partial charge on any atom is -0.312 e. The van der Waals surface area contributed by atoms with Crippen LogP contribution in [0, 0.1) is 5.41 Å². The van der Waals surface area contributed by atoms with E-state index in [2.05, 4.69) is 39.0 Å². The second-order valence-corrected chi connectivity index (χ2v) is 6.65. The molecule has 0 aromatic carbocycles. The molecule has 0 bridgehead atoms. The summed E-state index contributed by atoms with van der Waals surface area (Å²) in [4.78, 5) is 0. The standard InChI is InChI=1S/C14H20N6/c1-14(2)6-10(14)12-17-18-13-11(15-4-5-20(12)13)9-7-16-19(3)8-9/h7-8,10-11,15H,4-6H2,1-3H3. The smallest absolute Gasteiger partial charge is 0.154 e. The Kier molecular flexibility index (Phi) is 2.36. The van der Waals surface area contributed by atoms with Gasteiger partial charge in [0, 0.05) is 37.8 Å². The normalized spacial score (nSPS) is 27.4. The van der Waals surface area contributed by atoms with Crippen LogP contribution in [-0.4, -0.2) is 31.1 Å². The number of aromatic nitrogens is 5. The summed E-state index contributed by atoms with van der Waals surface area (Å²) in [6.45, 7) is 6.52. The molecule has 0 saturated heterocycles. The summed E-state index contributed by atoms with van der Waals surface area (Å²) >= 11 is 0. The predicted octanol–water partition coefficient (Wildman–Crippen LogP) is 1.22. The van der Waals surface area contributed by atoms with Crippen LogP contribution in [0.15, 0.2) is 12.4 Å². The highest BCUT2D eigenvalue weighted by molar-refractivity contribution is 5.25. The lowest BCUT2D eigenvalue weighted by Crippen LogP contribution is -2.34. The monoisotopic (exact) mass is 272 g/mol. The number of nitrogens with one attached hydrogen (secondary N) is 1. The van der Waals surface area contributed by atoms with Crippen LogP contribution in [0.5, 0.6) is 0 Å². The van der Waals surface area contributed by atoms with Crippen LogP contribution in [0.4, 0.5) is 0 Å². The zero-order valence-electron chi connectivity index (χ0n) is 12.2. The summed E-state index contributed by atoms with van der Waals surface area (Å²) in [6.07, 6.45) is 5.17. The van der Waals surface area contributed by atoms with Gasteiger partial charge in [-0.25, -0.2) is 0 Å². The molecule has 2 aromatic rings. The van der Waals surface area contributed by atoms with E-state index in [1.807, 2.05) is 24.1 Å². The first-order chi connectivity index (χ1) is 9.56. The SMILES string of the molecule is Cn1cc(C2NCCn3c2nnc3C2CC2(C)C)cn1. The molecule has 0 amide bonds. The van der Waals surface area contributed by atoms with Gasteiger partial charge >= 0.3 is 0 Å². The first-order valence-electron chi connectivity index (χ1n) is 7.21. The third-order valence-corrected chi connectivity index (χ3v) is 4.63. The number of nitrogens with zero attached hydrogens (tertiary/aromatic N) is 5. The Morgan fingerprint density at radius 1 is 1.30 bits per heavy atom. The molecule has 1 fully saturated rings. The molecule has 4 rings (SSSR count). The van der Waals surface area contributed by atoms with Gasteiger partial charge in [-0.1, -0.05) is 13.8 Å². The summed E-state index contributed by atoms with van der Waals surface area (Å²) in [5.41, 5.74) is 1.54. The number of rotatable bonds is 2. The number of hydrogen-bond acceptors (Lipinski definition) is 4. The lowest BCUT2D eigenvalue weighted by atomic mass is 10.1. The summed E-state index contributed by atoms with van der Waals surface area (Å²) < 4.78 is 4.14. The third kappa shape index (κ3) is 1.71. The lowest BCUT2D eigenvalue weighted by Gasteiger charge is -2.24. The van der Waals surface area contributed by atoms with Gasteiger partial charge in [-0.15, -0.1) is 10.2 Å². The Labute approximate surface area is 118 Å². The maximum Gasteiger partial charge on any atom is 0.154 e. The molecule has 0 radical (unpaired) electrons. The molecule has 2 unspecified atom stereocenters. The van der Waals surface area contributed by atoms with Gasteiger partial charge in [-0.2, -0.15) is 5.10 Å². The van der Waals surface area contributed by atoms with E-state index in [0.29, 0.717) is 11.3 Å². The van der Waals surface area contributed by atoms with Gasteiger partial charge in [0.2, 0.25) is 0 Å². The first-order valence-corrected chi connectivity index (χ1v) is 7.21. The minimum absolute atomic E-state index is 0.112. The molecule has 2 aromatic heterocycles. The zero-order chi connectivity index (χ0) is 13.9. The fourth-order valence-corrected chi connectivity index (χ4v) is 3.20. The summed E-state index contributed by atoms with van der Waals surface area (Å²) in [6, 6.07) is 0.112. The van der Waals surface area contributed by atoms with Crippen LogP contribution in [0.2, 0.25) is 0 Å². The van der Waals surface area contributed by atoms with E-state index in [0.717, 1.165) is 24.5 Å². The molecule has 3 heterocycles. The average Bonchev–Trinajstić information content (AvgIpc) is 2.83. The van der Waals surface area contributed by atoms with Crippen molar-refractivity contribution in [3.63, 3.8) is 0 Å². The van der Waals surface area contributed by atoms with Gasteiger partial charge in [0.15, 0.2) is 5.82 Å². The largest absolute Gasteiger partial charge is 0.312 e. The van der Waals surface area contributed by atoms with Crippen LogP contribution in [0.25, 0.3) is 0 Å². The van der Waals surface area contributed by atoms with Crippen molar-refractivity contribution in [1.29, 1.82) is 0 Å². The molecule has 2 aliphatic rings. The fraction of sp³-hybridized carbons (Fsp3) is 0.643. The Bertz CT molecular complexity index is 652. The molecular formula is C14H20N6. The van der Waals surface area contributed by atoms with Crippen molar-refractivity contribution < 1.29 is 0 Å². The van der Waals surface area contributed by atoms with Gasteiger partial charge < -0.3 is 9.88 Å². The Hall–Kier alpha value is -1.69. The summed E-state index contributed by atoms with van der Waals surface area (Å²) in [7, 11) is 1.94. The average molecular weight is 272 g/mol. The Morgan fingerprint density at radius 3 is 2.70 bits per heavy atom. The van der Waals surface area contributed by atoms with Crippen molar-refractivity contribution in [2.24, 2.45) is 12.5 Å². The Balaban J connectivity index is 1.72. The molecule has 2 atom stereocenters. The van der Waals surface area contributed by atoms with Gasteiger partial charge in [-0.3, -0.25) is 4.68 Å². The molecule has 1 aliphatic heterocycles. The van der Waals surface area contributed by atoms with E-state index in [4.69, 9.17) is 0 Å². The number of aryl methyl sites for hydroxylation is 1. The van der Waals surface area contributed by atoms with E-state index in [9.17, 15) is 0 Å². The van der Waals surface area contributed by atoms with Crippen molar-refractivity contribution in [1.82, 2.24) is 29.9 Å². The second kappa shape index (κ2) is 3.91. The molecule has 1 N–H and O–H groups in total. The van der Waals surface area contributed by atoms with Crippen molar-refractivity contribution in [2.45, 2.75) is 38.8 Å². The van der Waals surface area contributed by atoms with Crippen LogP contribution in [0.3, 0.4) is 0 Å². The van der Waals surface area contributed by atoms with Gasteiger partial charge in [0.25, 0.3) is 0 Å². The fourth-order valence-electron chi connectivity index (χ4n) is 3.20. The second-order valence-electron chi connectivity index (χ2n) is 6.65. The van der Waals surface area contributed by atoms with Gasteiger partial charge in [0.1, 0.15) is 5.82 Å². The molecule has 1 saturated carbocycles. The van der Waals surface area contributed by atoms with Crippen LogP contribution >= 0.6 is 0 Å². The number of hydrogen-bond donors (Lipinski definition) is 1.